The molecule has 3 heteroatoms. The Kier molecular flexibility index (Phi) is 3.08. The number of hydrogen-bond acceptors (Lipinski definition) is 2. The predicted octanol–water partition coefficient (Wildman–Crippen LogP) is 2.24. The van der Waals surface area contributed by atoms with Crippen LogP contribution in [0.25, 0.3) is 0 Å². The van der Waals surface area contributed by atoms with Gasteiger partial charge in [0.15, 0.2) is 0 Å². The summed E-state index contributed by atoms with van der Waals surface area (Å²) in [5.41, 5.74) is 2.27. The maximum absolute atomic E-state index is 12.4. The Hall–Kier alpha value is -1.35. The maximum atomic E-state index is 12.4. The molecule has 1 amide bonds. The van der Waals surface area contributed by atoms with Crippen molar-refractivity contribution < 1.29 is 4.79 Å². The van der Waals surface area contributed by atoms with Crippen molar-refractivity contribution >= 4 is 11.6 Å². The molecule has 1 unspecified atom stereocenters. The minimum Gasteiger partial charge on any atom is -0.311 e. The molecule has 1 saturated heterocycles. The van der Waals surface area contributed by atoms with Gasteiger partial charge in [0.05, 0.1) is 6.04 Å². The molecule has 96 valence electrons. The predicted molar refractivity (Wildman–Crippen MR) is 72.7 cm³/mol. The molecule has 1 heterocycles. The lowest BCUT2D eigenvalue weighted by Crippen LogP contribution is -2.51. The van der Waals surface area contributed by atoms with Gasteiger partial charge in [-0.1, -0.05) is 17.7 Å². The molecule has 1 N–H and O–H groups in total. The van der Waals surface area contributed by atoms with E-state index >= 15 is 0 Å². The van der Waals surface area contributed by atoms with Gasteiger partial charge >= 0.3 is 0 Å². The molecule has 3 rings (SSSR count). The number of nitrogens with zero attached hydrogens (tertiary/aromatic N) is 1. The minimum atomic E-state index is 0.0348. The lowest BCUT2D eigenvalue weighted by atomic mass is 10.0. The number of carbonyl (C=O) groups is 1. The van der Waals surface area contributed by atoms with Crippen molar-refractivity contribution in [2.45, 2.75) is 44.7 Å². The molecular formula is C15H20N2O. The summed E-state index contributed by atoms with van der Waals surface area (Å²) in [4.78, 5) is 14.4. The van der Waals surface area contributed by atoms with Gasteiger partial charge in [0, 0.05) is 18.3 Å². The molecular weight excluding hydrogens is 224 g/mol. The van der Waals surface area contributed by atoms with Crippen LogP contribution in [0.3, 0.4) is 0 Å². The standard InChI is InChI=1S/C15H20N2O/c1-11-4-8-13(9-5-11)17-10-2-3-14(15(17)18)16-12-6-7-12/h4-5,8-9,12,14,16H,2-3,6-7,10H2,1H3. The van der Waals surface area contributed by atoms with E-state index in [4.69, 9.17) is 0 Å². The monoisotopic (exact) mass is 244 g/mol. The average molecular weight is 244 g/mol. The third-order valence-corrected chi connectivity index (χ3v) is 3.80. The van der Waals surface area contributed by atoms with Crippen molar-refractivity contribution in [3.05, 3.63) is 29.8 Å². The first kappa shape index (κ1) is 11.7. The summed E-state index contributed by atoms with van der Waals surface area (Å²) >= 11 is 0. The van der Waals surface area contributed by atoms with E-state index in [9.17, 15) is 4.79 Å². The summed E-state index contributed by atoms with van der Waals surface area (Å²) in [5, 5.41) is 3.46. The number of benzene rings is 1. The van der Waals surface area contributed by atoms with E-state index in [-0.39, 0.29) is 11.9 Å². The van der Waals surface area contributed by atoms with Gasteiger partial charge in [-0.2, -0.15) is 0 Å². The first-order chi connectivity index (χ1) is 8.74. The second kappa shape index (κ2) is 4.73. The van der Waals surface area contributed by atoms with Gasteiger partial charge in [0.25, 0.3) is 0 Å². The van der Waals surface area contributed by atoms with Crippen LogP contribution in [0.2, 0.25) is 0 Å². The lowest BCUT2D eigenvalue weighted by Gasteiger charge is -2.33. The van der Waals surface area contributed by atoms with Crippen LogP contribution < -0.4 is 10.2 Å². The van der Waals surface area contributed by atoms with Gasteiger partial charge in [0.1, 0.15) is 0 Å². The third kappa shape index (κ3) is 2.41. The highest BCUT2D eigenvalue weighted by atomic mass is 16.2. The van der Waals surface area contributed by atoms with Gasteiger partial charge in [-0.3, -0.25) is 4.79 Å². The summed E-state index contributed by atoms with van der Waals surface area (Å²) in [6.45, 7) is 2.92. The number of carbonyl (C=O) groups excluding carboxylic acids is 1. The molecule has 0 radical (unpaired) electrons. The van der Waals surface area contributed by atoms with Crippen molar-refractivity contribution in [3.8, 4) is 0 Å². The number of nitrogens with one attached hydrogen (secondary N) is 1. The van der Waals surface area contributed by atoms with Crippen LogP contribution in [0, 0.1) is 6.92 Å². The van der Waals surface area contributed by atoms with Crippen LogP contribution in [0.4, 0.5) is 5.69 Å². The van der Waals surface area contributed by atoms with Gasteiger partial charge < -0.3 is 10.2 Å². The van der Waals surface area contributed by atoms with Crippen molar-refractivity contribution in [1.29, 1.82) is 0 Å². The molecule has 1 aliphatic heterocycles. The molecule has 1 aromatic rings. The van der Waals surface area contributed by atoms with E-state index in [1.165, 1.54) is 18.4 Å². The summed E-state index contributed by atoms with van der Waals surface area (Å²) in [6.07, 6.45) is 4.53. The number of aryl methyl sites for hydroxylation is 1. The van der Waals surface area contributed by atoms with Crippen LogP contribution in [0.1, 0.15) is 31.2 Å². The molecule has 2 fully saturated rings. The lowest BCUT2D eigenvalue weighted by molar-refractivity contribution is -0.121. The van der Waals surface area contributed by atoms with Gasteiger partial charge in [-0.05, 0) is 44.7 Å². The van der Waals surface area contributed by atoms with E-state index < -0.39 is 0 Å². The fourth-order valence-electron chi connectivity index (χ4n) is 2.55. The molecule has 18 heavy (non-hydrogen) atoms. The molecule has 0 aromatic heterocycles. The van der Waals surface area contributed by atoms with Crippen molar-refractivity contribution in [2.24, 2.45) is 0 Å². The molecule has 3 nitrogen and oxygen atoms in total. The normalized spacial score (nSPS) is 24.4. The fraction of sp³-hybridized carbons (Fsp3) is 0.533. The van der Waals surface area contributed by atoms with E-state index in [1.807, 2.05) is 17.0 Å². The fourth-order valence-corrected chi connectivity index (χ4v) is 2.55. The summed E-state index contributed by atoms with van der Waals surface area (Å²) in [5.74, 6) is 0.247. The van der Waals surface area contributed by atoms with Crippen molar-refractivity contribution in [1.82, 2.24) is 5.32 Å². The minimum absolute atomic E-state index is 0.0348. The van der Waals surface area contributed by atoms with Crippen LogP contribution in [0.5, 0.6) is 0 Å². The molecule has 1 aliphatic carbocycles. The largest absolute Gasteiger partial charge is 0.311 e. The van der Waals surface area contributed by atoms with Crippen LogP contribution >= 0.6 is 0 Å². The first-order valence-electron chi connectivity index (χ1n) is 6.88. The third-order valence-electron chi connectivity index (χ3n) is 3.80. The Labute approximate surface area is 108 Å². The maximum Gasteiger partial charge on any atom is 0.244 e. The zero-order chi connectivity index (χ0) is 12.5. The van der Waals surface area contributed by atoms with Crippen LogP contribution in [0.15, 0.2) is 24.3 Å². The zero-order valence-corrected chi connectivity index (χ0v) is 10.9. The number of amides is 1. The average Bonchev–Trinajstić information content (AvgIpc) is 3.17. The van der Waals surface area contributed by atoms with Crippen LogP contribution in [-0.4, -0.2) is 24.5 Å². The number of piperidine rings is 1. The summed E-state index contributed by atoms with van der Waals surface area (Å²) < 4.78 is 0. The van der Waals surface area contributed by atoms with Gasteiger partial charge in [-0.15, -0.1) is 0 Å². The van der Waals surface area contributed by atoms with Gasteiger partial charge in [0.2, 0.25) is 5.91 Å². The Morgan fingerprint density at radius 2 is 1.89 bits per heavy atom. The van der Waals surface area contributed by atoms with Crippen LogP contribution in [-0.2, 0) is 4.79 Å². The SMILES string of the molecule is Cc1ccc(N2CCCC(NC3CC3)C2=O)cc1. The van der Waals surface area contributed by atoms with E-state index in [0.29, 0.717) is 6.04 Å². The first-order valence-corrected chi connectivity index (χ1v) is 6.88. The van der Waals surface area contributed by atoms with E-state index in [0.717, 1.165) is 25.1 Å². The van der Waals surface area contributed by atoms with Crippen molar-refractivity contribution in [2.75, 3.05) is 11.4 Å². The molecule has 1 saturated carbocycles. The highest BCUT2D eigenvalue weighted by Crippen LogP contribution is 2.25. The molecule has 0 bridgehead atoms. The Morgan fingerprint density at radius 3 is 2.56 bits per heavy atom. The highest BCUT2D eigenvalue weighted by Gasteiger charge is 2.33. The Morgan fingerprint density at radius 1 is 1.17 bits per heavy atom. The number of rotatable bonds is 3. The molecule has 1 aromatic carbocycles. The van der Waals surface area contributed by atoms with Crippen molar-refractivity contribution in [3.63, 3.8) is 0 Å². The Balaban J connectivity index is 1.74. The molecule has 1 atom stereocenters. The highest BCUT2D eigenvalue weighted by molar-refractivity contribution is 5.98. The molecule has 2 aliphatic rings. The topological polar surface area (TPSA) is 32.3 Å². The smallest absolute Gasteiger partial charge is 0.244 e. The second-order valence-electron chi connectivity index (χ2n) is 5.46. The summed E-state index contributed by atoms with van der Waals surface area (Å²) in [6, 6.07) is 8.87. The van der Waals surface area contributed by atoms with Gasteiger partial charge in [-0.25, -0.2) is 0 Å². The molecule has 0 spiro atoms. The number of anilines is 1. The Bertz CT molecular complexity index is 436. The zero-order valence-electron chi connectivity index (χ0n) is 10.9. The number of hydrogen-bond donors (Lipinski definition) is 1. The second-order valence-corrected chi connectivity index (χ2v) is 5.46. The van der Waals surface area contributed by atoms with E-state index in [2.05, 4.69) is 24.4 Å². The summed E-state index contributed by atoms with van der Waals surface area (Å²) in [7, 11) is 0. The van der Waals surface area contributed by atoms with E-state index in [1.54, 1.807) is 0 Å². The quantitative estimate of drug-likeness (QED) is 0.884.